The van der Waals surface area contributed by atoms with Gasteiger partial charge in [-0.2, -0.15) is 0 Å². The highest BCUT2D eigenvalue weighted by Crippen LogP contribution is 2.57. The number of carbonyl (C=O) groups excluding carboxylic acids is 1. The molecule has 0 heterocycles. The lowest BCUT2D eigenvalue weighted by atomic mass is 9.81. The van der Waals surface area contributed by atoms with Gasteiger partial charge in [0.1, 0.15) is 5.75 Å². The summed E-state index contributed by atoms with van der Waals surface area (Å²) in [6.45, 7) is 0. The van der Waals surface area contributed by atoms with Gasteiger partial charge in [0.05, 0.1) is 5.92 Å². The van der Waals surface area contributed by atoms with Gasteiger partial charge < -0.3 is 4.74 Å². The highest BCUT2D eigenvalue weighted by molar-refractivity contribution is 5.76. The van der Waals surface area contributed by atoms with Crippen LogP contribution in [0.25, 0.3) is 0 Å². The van der Waals surface area contributed by atoms with Gasteiger partial charge in [0.25, 0.3) is 0 Å². The van der Waals surface area contributed by atoms with Crippen molar-refractivity contribution in [3.05, 3.63) is 42.5 Å². The fourth-order valence-corrected chi connectivity index (χ4v) is 4.49. The van der Waals surface area contributed by atoms with E-state index in [1.54, 1.807) is 0 Å². The molecule has 98 valence electrons. The van der Waals surface area contributed by atoms with E-state index < -0.39 is 0 Å². The summed E-state index contributed by atoms with van der Waals surface area (Å²) in [6.07, 6.45) is 8.18. The fourth-order valence-electron chi connectivity index (χ4n) is 4.49. The molecule has 0 aromatic heterocycles. The molecule has 2 bridgehead atoms. The summed E-state index contributed by atoms with van der Waals surface area (Å²) < 4.78 is 5.55. The molecule has 0 saturated heterocycles. The molecule has 0 N–H and O–H groups in total. The molecule has 2 fully saturated rings. The first kappa shape index (κ1) is 11.3. The molecule has 2 heteroatoms. The molecule has 0 amide bonds. The Kier molecular flexibility index (Phi) is 2.51. The van der Waals surface area contributed by atoms with Crippen molar-refractivity contribution < 1.29 is 9.53 Å². The summed E-state index contributed by atoms with van der Waals surface area (Å²) in [7, 11) is 0. The zero-order chi connectivity index (χ0) is 12.8. The first-order chi connectivity index (χ1) is 9.33. The van der Waals surface area contributed by atoms with Crippen LogP contribution in [0.1, 0.15) is 19.3 Å². The summed E-state index contributed by atoms with van der Waals surface area (Å²) in [5.41, 5.74) is 0. The predicted octanol–water partition coefficient (Wildman–Crippen LogP) is 3.44. The van der Waals surface area contributed by atoms with Gasteiger partial charge in [-0.1, -0.05) is 30.4 Å². The number of rotatable bonds is 2. The van der Waals surface area contributed by atoms with Crippen molar-refractivity contribution in [3.8, 4) is 5.75 Å². The number of fused-ring (bicyclic) bond motifs is 5. The second-order valence-electron chi connectivity index (χ2n) is 6.11. The molecule has 0 aliphatic heterocycles. The van der Waals surface area contributed by atoms with Crippen LogP contribution in [0.4, 0.5) is 0 Å². The minimum Gasteiger partial charge on any atom is -0.426 e. The van der Waals surface area contributed by atoms with Gasteiger partial charge in [-0.05, 0) is 55.1 Å². The van der Waals surface area contributed by atoms with Crippen LogP contribution in [-0.2, 0) is 4.79 Å². The van der Waals surface area contributed by atoms with Gasteiger partial charge in [0, 0.05) is 0 Å². The Balaban J connectivity index is 1.51. The lowest BCUT2D eigenvalue weighted by Gasteiger charge is -2.24. The highest BCUT2D eigenvalue weighted by Gasteiger charge is 2.53. The minimum atomic E-state index is -0.0142. The fraction of sp³-hybridized carbons (Fsp3) is 0.471. The Bertz CT molecular complexity index is 519. The predicted molar refractivity (Wildman–Crippen MR) is 72.5 cm³/mol. The maximum absolute atomic E-state index is 12.4. The average Bonchev–Trinajstić information content (AvgIpc) is 3.13. The van der Waals surface area contributed by atoms with Crippen LogP contribution in [0, 0.1) is 29.6 Å². The van der Waals surface area contributed by atoms with E-state index in [1.807, 2.05) is 30.3 Å². The quantitative estimate of drug-likeness (QED) is 0.459. The standard InChI is InChI=1S/C17H18O2/c18-17(19-13-4-2-1-3-5-13)15-9-8-14-11-6-7-12(10-11)16(14)15/h1-7,11-12,14-16H,8-10H2. The van der Waals surface area contributed by atoms with Crippen LogP contribution < -0.4 is 4.74 Å². The van der Waals surface area contributed by atoms with Crippen LogP contribution in [0.3, 0.4) is 0 Å². The van der Waals surface area contributed by atoms with Gasteiger partial charge in [-0.15, -0.1) is 0 Å². The van der Waals surface area contributed by atoms with Gasteiger partial charge in [-0.25, -0.2) is 0 Å². The Morgan fingerprint density at radius 3 is 2.68 bits per heavy atom. The van der Waals surface area contributed by atoms with E-state index in [0.717, 1.165) is 18.3 Å². The molecule has 5 unspecified atom stereocenters. The highest BCUT2D eigenvalue weighted by atomic mass is 16.5. The van der Waals surface area contributed by atoms with Crippen LogP contribution in [0.5, 0.6) is 5.75 Å². The van der Waals surface area contributed by atoms with Gasteiger partial charge in [0.15, 0.2) is 0 Å². The van der Waals surface area contributed by atoms with E-state index in [1.165, 1.54) is 12.8 Å². The number of allylic oxidation sites excluding steroid dienone is 2. The van der Waals surface area contributed by atoms with Crippen molar-refractivity contribution in [1.29, 1.82) is 0 Å². The van der Waals surface area contributed by atoms with Crippen molar-refractivity contribution in [2.75, 3.05) is 0 Å². The maximum Gasteiger partial charge on any atom is 0.314 e. The summed E-state index contributed by atoms with van der Waals surface area (Å²) in [5.74, 6) is 3.43. The second-order valence-corrected chi connectivity index (χ2v) is 6.11. The molecule has 2 saturated carbocycles. The molecular weight excluding hydrogens is 236 g/mol. The van der Waals surface area contributed by atoms with Crippen LogP contribution >= 0.6 is 0 Å². The van der Waals surface area contributed by atoms with Crippen molar-refractivity contribution in [2.45, 2.75) is 19.3 Å². The SMILES string of the molecule is O=C(Oc1ccccc1)C1CCC2C3C=CC(C3)C12. The van der Waals surface area contributed by atoms with Crippen molar-refractivity contribution in [1.82, 2.24) is 0 Å². The molecule has 4 rings (SSSR count). The lowest BCUT2D eigenvalue weighted by molar-refractivity contribution is -0.140. The number of para-hydroxylation sites is 1. The molecule has 5 atom stereocenters. The van der Waals surface area contributed by atoms with Crippen LogP contribution in [-0.4, -0.2) is 5.97 Å². The summed E-state index contributed by atoms with van der Waals surface area (Å²) in [5, 5.41) is 0. The van der Waals surface area contributed by atoms with E-state index in [2.05, 4.69) is 12.2 Å². The first-order valence-electron chi connectivity index (χ1n) is 7.28. The molecule has 3 aliphatic carbocycles. The monoisotopic (exact) mass is 254 g/mol. The third-order valence-electron chi connectivity index (χ3n) is 5.23. The van der Waals surface area contributed by atoms with Crippen LogP contribution in [0.2, 0.25) is 0 Å². The summed E-state index contributed by atoms with van der Waals surface area (Å²) in [4.78, 5) is 12.4. The maximum atomic E-state index is 12.4. The number of hydrogen-bond donors (Lipinski definition) is 0. The lowest BCUT2D eigenvalue weighted by Crippen LogP contribution is -2.28. The average molecular weight is 254 g/mol. The van der Waals surface area contributed by atoms with Gasteiger partial charge in [-0.3, -0.25) is 4.79 Å². The Morgan fingerprint density at radius 1 is 1.05 bits per heavy atom. The summed E-state index contributed by atoms with van der Waals surface area (Å²) in [6, 6.07) is 9.44. The molecular formula is C17H18O2. The largest absolute Gasteiger partial charge is 0.426 e. The zero-order valence-corrected chi connectivity index (χ0v) is 10.9. The van der Waals surface area contributed by atoms with E-state index in [4.69, 9.17) is 4.74 Å². The van der Waals surface area contributed by atoms with Crippen molar-refractivity contribution in [3.63, 3.8) is 0 Å². The van der Waals surface area contributed by atoms with Crippen LogP contribution in [0.15, 0.2) is 42.5 Å². The van der Waals surface area contributed by atoms with Gasteiger partial charge >= 0.3 is 5.97 Å². The number of ether oxygens (including phenoxy) is 1. The number of carbonyl (C=O) groups is 1. The van der Waals surface area contributed by atoms with E-state index >= 15 is 0 Å². The third-order valence-corrected chi connectivity index (χ3v) is 5.23. The van der Waals surface area contributed by atoms with E-state index in [-0.39, 0.29) is 11.9 Å². The first-order valence-corrected chi connectivity index (χ1v) is 7.28. The number of esters is 1. The number of hydrogen-bond acceptors (Lipinski definition) is 2. The molecule has 0 radical (unpaired) electrons. The van der Waals surface area contributed by atoms with Crippen molar-refractivity contribution >= 4 is 5.97 Å². The Hall–Kier alpha value is -1.57. The molecule has 2 nitrogen and oxygen atoms in total. The smallest absolute Gasteiger partial charge is 0.314 e. The van der Waals surface area contributed by atoms with E-state index in [9.17, 15) is 4.79 Å². The molecule has 19 heavy (non-hydrogen) atoms. The Labute approximate surface area is 113 Å². The molecule has 1 aromatic rings. The van der Waals surface area contributed by atoms with E-state index in [0.29, 0.717) is 17.6 Å². The van der Waals surface area contributed by atoms with Crippen molar-refractivity contribution in [2.24, 2.45) is 29.6 Å². The normalized spacial score (nSPS) is 38.4. The third kappa shape index (κ3) is 1.73. The number of benzene rings is 1. The van der Waals surface area contributed by atoms with Gasteiger partial charge in [0.2, 0.25) is 0 Å². The molecule has 1 aromatic carbocycles. The minimum absolute atomic E-state index is 0.0142. The second kappa shape index (κ2) is 4.22. The molecule has 0 spiro atoms. The Morgan fingerprint density at radius 2 is 1.84 bits per heavy atom. The summed E-state index contributed by atoms with van der Waals surface area (Å²) >= 11 is 0. The zero-order valence-electron chi connectivity index (χ0n) is 10.9. The molecule has 3 aliphatic rings. The topological polar surface area (TPSA) is 26.3 Å².